The first-order chi connectivity index (χ1) is 15.8. The Morgan fingerprint density at radius 3 is 2.58 bits per heavy atom. The van der Waals surface area contributed by atoms with Gasteiger partial charge >= 0.3 is 5.97 Å². The third-order valence-electron chi connectivity index (χ3n) is 6.42. The van der Waals surface area contributed by atoms with Crippen LogP contribution in [0.2, 0.25) is 0 Å². The Labute approximate surface area is 203 Å². The van der Waals surface area contributed by atoms with Crippen molar-refractivity contribution in [3.63, 3.8) is 0 Å². The number of carbonyl (C=O) groups excluding carboxylic acids is 1. The van der Waals surface area contributed by atoms with Gasteiger partial charge in [0.2, 0.25) is 0 Å². The number of morpholine rings is 1. The van der Waals surface area contributed by atoms with Crippen LogP contribution in [0.1, 0.15) is 44.1 Å². The van der Waals surface area contributed by atoms with Crippen LogP contribution in [0.25, 0.3) is 0 Å². The molecule has 1 aliphatic carbocycles. The molecular formula is C25H34N2O4S2. The summed E-state index contributed by atoms with van der Waals surface area (Å²) >= 11 is 1.74. The molecule has 4 rings (SSSR count). The molecular weight excluding hydrogens is 456 g/mol. The Morgan fingerprint density at radius 1 is 1.21 bits per heavy atom. The van der Waals surface area contributed by atoms with Gasteiger partial charge in [-0.1, -0.05) is 25.6 Å². The summed E-state index contributed by atoms with van der Waals surface area (Å²) in [5.41, 5.74) is 3.99. The number of hydrogen-bond donors (Lipinski definition) is 0. The zero-order chi connectivity index (χ0) is 23.6. The average molecular weight is 491 g/mol. The molecule has 180 valence electrons. The van der Waals surface area contributed by atoms with Gasteiger partial charge in [-0.05, 0) is 68.4 Å². The number of esters is 1. The fourth-order valence-electron chi connectivity index (χ4n) is 4.62. The van der Waals surface area contributed by atoms with Gasteiger partial charge in [0.1, 0.15) is 17.5 Å². The van der Waals surface area contributed by atoms with Crippen molar-refractivity contribution in [1.29, 1.82) is 0 Å². The number of carbonyl (C=O) groups is 1. The van der Waals surface area contributed by atoms with Gasteiger partial charge in [0.05, 0.1) is 24.7 Å². The van der Waals surface area contributed by atoms with E-state index in [-0.39, 0.29) is 17.9 Å². The minimum atomic E-state index is -1.16. The van der Waals surface area contributed by atoms with Gasteiger partial charge in [0.15, 0.2) is 0 Å². The van der Waals surface area contributed by atoms with E-state index in [0.717, 1.165) is 34.7 Å². The van der Waals surface area contributed by atoms with Crippen molar-refractivity contribution in [2.45, 2.75) is 68.2 Å². The number of benzene rings is 1. The Kier molecular flexibility index (Phi) is 7.68. The maximum absolute atomic E-state index is 12.9. The fraction of sp³-hybridized carbons (Fsp3) is 0.560. The molecule has 0 N–H and O–H groups in total. The molecule has 0 bridgehead atoms. The SMILES string of the molecule is CCOC(=O)Cn1c(C)c(Sc2ccc(S(=O)N3CCOCC3)cc2)c2c1CCC(C)(C)C2. The molecule has 2 aliphatic rings. The molecule has 2 heterocycles. The molecule has 1 aromatic carbocycles. The molecule has 6 nitrogen and oxygen atoms in total. The first-order valence-corrected chi connectivity index (χ1v) is 13.6. The van der Waals surface area contributed by atoms with Crippen molar-refractivity contribution in [3.05, 3.63) is 41.2 Å². The van der Waals surface area contributed by atoms with Crippen LogP contribution in [0, 0.1) is 12.3 Å². The third-order valence-corrected chi connectivity index (χ3v) is 9.18. The second-order valence-corrected chi connectivity index (χ2v) is 12.0. The predicted molar refractivity (Wildman–Crippen MR) is 131 cm³/mol. The molecule has 1 aliphatic heterocycles. The molecule has 8 heteroatoms. The highest BCUT2D eigenvalue weighted by Gasteiger charge is 2.32. The summed E-state index contributed by atoms with van der Waals surface area (Å²) in [5, 5.41) is 0. The van der Waals surface area contributed by atoms with Gasteiger partial charge in [-0.2, -0.15) is 0 Å². The maximum atomic E-state index is 12.9. The summed E-state index contributed by atoms with van der Waals surface area (Å²) in [7, 11) is -1.16. The van der Waals surface area contributed by atoms with E-state index in [9.17, 15) is 9.00 Å². The molecule has 1 saturated heterocycles. The van der Waals surface area contributed by atoms with E-state index in [1.54, 1.807) is 11.8 Å². The van der Waals surface area contributed by atoms with Crippen molar-refractivity contribution in [2.75, 3.05) is 32.9 Å². The lowest BCUT2D eigenvalue weighted by molar-refractivity contribution is -0.143. The zero-order valence-electron chi connectivity index (χ0n) is 20.0. The summed E-state index contributed by atoms with van der Waals surface area (Å²) in [6.07, 6.45) is 3.08. The van der Waals surface area contributed by atoms with Crippen LogP contribution in [0.3, 0.4) is 0 Å². The third kappa shape index (κ3) is 5.56. The predicted octanol–water partition coefficient (Wildman–Crippen LogP) is 4.38. The van der Waals surface area contributed by atoms with E-state index < -0.39 is 11.0 Å². The Balaban J connectivity index is 1.59. The van der Waals surface area contributed by atoms with Gasteiger partial charge in [-0.15, -0.1) is 0 Å². The van der Waals surface area contributed by atoms with Crippen LogP contribution >= 0.6 is 11.8 Å². The zero-order valence-corrected chi connectivity index (χ0v) is 21.7. The molecule has 0 spiro atoms. The van der Waals surface area contributed by atoms with Crippen LogP contribution in [0.5, 0.6) is 0 Å². The smallest absolute Gasteiger partial charge is 0.325 e. The van der Waals surface area contributed by atoms with Crippen LogP contribution < -0.4 is 0 Å². The average Bonchev–Trinajstić information content (AvgIpc) is 3.04. The van der Waals surface area contributed by atoms with Gasteiger partial charge in [-0.3, -0.25) is 4.79 Å². The molecule has 1 aromatic heterocycles. The highest BCUT2D eigenvalue weighted by Crippen LogP contribution is 2.44. The van der Waals surface area contributed by atoms with Gasteiger partial charge in [-0.25, -0.2) is 8.51 Å². The van der Waals surface area contributed by atoms with E-state index in [1.807, 2.05) is 23.4 Å². The lowest BCUT2D eigenvalue weighted by atomic mass is 9.76. The Bertz CT molecular complexity index is 1020. The second-order valence-electron chi connectivity index (χ2n) is 9.44. The monoisotopic (exact) mass is 490 g/mol. The standard InChI is InChI=1S/C25H34N2O4S2/c1-5-31-23(28)17-27-18(2)24(21-16-25(3,4)11-10-22(21)27)32-19-6-8-20(9-7-19)33(29)26-12-14-30-15-13-26/h6-9H,5,10-17H2,1-4H3. The van der Waals surface area contributed by atoms with E-state index in [4.69, 9.17) is 9.47 Å². The number of nitrogens with zero attached hydrogens (tertiary/aromatic N) is 2. The maximum Gasteiger partial charge on any atom is 0.325 e. The number of rotatable bonds is 7. The van der Waals surface area contributed by atoms with Gasteiger partial charge in [0, 0.05) is 34.3 Å². The second kappa shape index (κ2) is 10.3. The van der Waals surface area contributed by atoms with Crippen LogP contribution in [-0.4, -0.2) is 52.0 Å². The van der Waals surface area contributed by atoms with Gasteiger partial charge in [0.25, 0.3) is 0 Å². The first-order valence-electron chi connectivity index (χ1n) is 11.7. The molecule has 1 fully saturated rings. The molecule has 33 heavy (non-hydrogen) atoms. The van der Waals surface area contributed by atoms with E-state index >= 15 is 0 Å². The van der Waals surface area contributed by atoms with Crippen molar-refractivity contribution in [2.24, 2.45) is 5.41 Å². The molecule has 1 atom stereocenters. The Morgan fingerprint density at radius 2 is 1.91 bits per heavy atom. The number of hydrogen-bond acceptors (Lipinski definition) is 5. The molecule has 0 amide bonds. The van der Waals surface area contributed by atoms with Crippen molar-refractivity contribution < 1.29 is 18.5 Å². The summed E-state index contributed by atoms with van der Waals surface area (Å²) in [5.74, 6) is -0.185. The summed E-state index contributed by atoms with van der Waals surface area (Å²) < 4.78 is 27.6. The van der Waals surface area contributed by atoms with E-state index in [1.165, 1.54) is 16.2 Å². The van der Waals surface area contributed by atoms with E-state index in [0.29, 0.717) is 32.9 Å². The quantitative estimate of drug-likeness (QED) is 0.539. The Hall–Kier alpha value is -1.61. The number of aromatic nitrogens is 1. The van der Waals surface area contributed by atoms with Crippen LogP contribution in [0.15, 0.2) is 39.0 Å². The molecule has 0 saturated carbocycles. The van der Waals surface area contributed by atoms with Gasteiger partial charge < -0.3 is 14.0 Å². The highest BCUT2D eigenvalue weighted by molar-refractivity contribution is 7.99. The molecule has 1 unspecified atom stereocenters. The first kappa shape index (κ1) is 24.5. The number of fused-ring (bicyclic) bond motifs is 1. The van der Waals surface area contributed by atoms with Crippen molar-refractivity contribution >= 4 is 28.7 Å². The van der Waals surface area contributed by atoms with Crippen LogP contribution in [-0.2, 0) is 44.6 Å². The van der Waals surface area contributed by atoms with Crippen molar-refractivity contribution in [1.82, 2.24) is 8.87 Å². The topological polar surface area (TPSA) is 60.8 Å². The lowest BCUT2D eigenvalue weighted by Crippen LogP contribution is -2.37. The molecule has 2 aromatic rings. The number of ether oxygens (including phenoxy) is 2. The lowest BCUT2D eigenvalue weighted by Gasteiger charge is -2.30. The summed E-state index contributed by atoms with van der Waals surface area (Å²) in [6.45, 7) is 11.9. The minimum absolute atomic E-state index is 0.185. The normalized spacial score (nSPS) is 19.2. The molecule has 0 radical (unpaired) electrons. The minimum Gasteiger partial charge on any atom is -0.465 e. The fourth-order valence-corrected chi connectivity index (χ4v) is 6.84. The van der Waals surface area contributed by atoms with Crippen molar-refractivity contribution in [3.8, 4) is 0 Å². The summed E-state index contributed by atoms with van der Waals surface area (Å²) in [6, 6.07) is 8.05. The van der Waals surface area contributed by atoms with E-state index in [2.05, 4.69) is 37.5 Å². The highest BCUT2D eigenvalue weighted by atomic mass is 32.2. The largest absolute Gasteiger partial charge is 0.465 e. The summed E-state index contributed by atoms with van der Waals surface area (Å²) in [4.78, 5) is 15.5. The van der Waals surface area contributed by atoms with Crippen LogP contribution in [0.4, 0.5) is 0 Å².